The minimum absolute atomic E-state index is 0.552. The van der Waals surface area contributed by atoms with E-state index in [2.05, 4.69) is 43.1 Å². The Kier molecular flexibility index (Phi) is 4.35. The van der Waals surface area contributed by atoms with Crippen LogP contribution in [0.5, 0.6) is 0 Å². The molecule has 0 atom stereocenters. The molecule has 2 rings (SSSR count). The van der Waals surface area contributed by atoms with Gasteiger partial charge in [0.25, 0.3) is 0 Å². The van der Waals surface area contributed by atoms with Crippen LogP contribution in [0.15, 0.2) is 34.2 Å². The summed E-state index contributed by atoms with van der Waals surface area (Å²) in [4.78, 5) is 5.73. The molecule has 1 aliphatic heterocycles. The van der Waals surface area contributed by atoms with Crippen LogP contribution >= 0.6 is 23.5 Å². The predicted octanol–water partition coefficient (Wildman–Crippen LogP) is 3.77. The number of benzene rings is 1. The number of hydrogen-bond acceptors (Lipinski definition) is 3. The lowest BCUT2D eigenvalue weighted by molar-refractivity contribution is 0.715. The molecule has 1 aromatic carbocycles. The quantitative estimate of drug-likeness (QED) is 0.610. The number of rotatable bonds is 4. The number of hydrogen-bond donors (Lipinski definition) is 0. The van der Waals surface area contributed by atoms with Crippen LogP contribution in [0, 0.1) is 0 Å². The van der Waals surface area contributed by atoms with Crippen LogP contribution in [0.2, 0.25) is 0 Å². The second kappa shape index (κ2) is 5.78. The second-order valence-electron chi connectivity index (χ2n) is 4.36. The van der Waals surface area contributed by atoms with Gasteiger partial charge >= 0.3 is 0 Å². The molecule has 92 valence electrons. The maximum atomic E-state index is 6.04. The van der Waals surface area contributed by atoms with Gasteiger partial charge in [-0.1, -0.05) is 32.0 Å². The highest BCUT2D eigenvalue weighted by Gasteiger charge is 2.15. The van der Waals surface area contributed by atoms with Crippen LogP contribution in [0.4, 0.5) is 0 Å². The first-order valence-electron chi connectivity index (χ1n) is 5.87. The molecule has 0 saturated carbocycles. The van der Waals surface area contributed by atoms with Crippen molar-refractivity contribution in [2.75, 3.05) is 18.8 Å². The first-order valence-corrected chi connectivity index (χ1v) is 7.19. The summed E-state index contributed by atoms with van der Waals surface area (Å²) in [6.07, 6.45) is 0. The zero-order valence-corrected chi connectivity index (χ0v) is 11.8. The summed E-state index contributed by atoms with van der Waals surface area (Å²) in [7, 11) is 0. The summed E-state index contributed by atoms with van der Waals surface area (Å²) in [5.41, 5.74) is 1.40. The molecule has 17 heavy (non-hydrogen) atoms. The van der Waals surface area contributed by atoms with Gasteiger partial charge in [-0.2, -0.15) is 0 Å². The van der Waals surface area contributed by atoms with E-state index < -0.39 is 0 Å². The number of thioether (sulfide) groups is 1. The van der Waals surface area contributed by atoms with E-state index in [1.165, 1.54) is 10.5 Å². The molecule has 1 aromatic rings. The maximum absolute atomic E-state index is 6.04. The normalized spacial score (nSPS) is 15.5. The molecule has 1 aliphatic rings. The molecular formula is C13H17ClN2S. The van der Waals surface area contributed by atoms with E-state index in [-0.39, 0.29) is 0 Å². The van der Waals surface area contributed by atoms with Crippen molar-refractivity contribution >= 4 is 29.4 Å². The fourth-order valence-corrected chi connectivity index (χ4v) is 3.26. The minimum atomic E-state index is 0.552. The van der Waals surface area contributed by atoms with E-state index in [9.17, 15) is 0 Å². The lowest BCUT2D eigenvalue weighted by Crippen LogP contribution is -2.18. The third kappa shape index (κ3) is 3.17. The van der Waals surface area contributed by atoms with Crippen molar-refractivity contribution in [3.05, 3.63) is 29.8 Å². The number of halogens is 1. The molecular weight excluding hydrogens is 252 g/mol. The average molecular weight is 269 g/mol. The van der Waals surface area contributed by atoms with Crippen LogP contribution in [0.3, 0.4) is 0 Å². The molecule has 0 saturated heterocycles. The molecule has 1 heterocycles. The van der Waals surface area contributed by atoms with E-state index in [0.717, 1.165) is 24.7 Å². The molecule has 0 aromatic heterocycles. The molecule has 0 radical (unpaired) electrons. The van der Waals surface area contributed by atoms with Crippen LogP contribution in [-0.2, 0) is 0 Å². The van der Waals surface area contributed by atoms with Crippen LogP contribution < -0.4 is 0 Å². The Morgan fingerprint density at radius 1 is 1.41 bits per heavy atom. The minimum Gasteiger partial charge on any atom is -0.270 e. The van der Waals surface area contributed by atoms with Crippen LogP contribution in [0.1, 0.15) is 25.3 Å². The summed E-state index contributed by atoms with van der Waals surface area (Å²) < 4.78 is 1.73. The van der Waals surface area contributed by atoms with Crippen molar-refractivity contribution in [3.8, 4) is 0 Å². The van der Waals surface area contributed by atoms with E-state index in [1.807, 2.05) is 11.8 Å². The van der Waals surface area contributed by atoms with Gasteiger partial charge in [0.05, 0.1) is 18.8 Å². The van der Waals surface area contributed by atoms with Gasteiger partial charge in [-0.25, -0.2) is 0 Å². The Balaban J connectivity index is 2.04. The van der Waals surface area contributed by atoms with Crippen molar-refractivity contribution < 1.29 is 0 Å². The lowest BCUT2D eigenvalue weighted by Gasteiger charge is -2.14. The number of nitrogens with zero attached hydrogens (tertiary/aromatic N) is 2. The summed E-state index contributed by atoms with van der Waals surface area (Å²) in [5, 5.41) is 0. The third-order valence-corrected chi connectivity index (χ3v) is 4.22. The molecule has 4 heteroatoms. The van der Waals surface area contributed by atoms with Crippen molar-refractivity contribution in [1.82, 2.24) is 4.42 Å². The SMILES string of the molecule is CC(C)c1ccccc1SCC1=NCCN1Cl. The molecule has 0 bridgehead atoms. The molecule has 0 spiro atoms. The van der Waals surface area contributed by atoms with Gasteiger partial charge in [-0.3, -0.25) is 9.41 Å². The first kappa shape index (κ1) is 12.8. The summed E-state index contributed by atoms with van der Waals surface area (Å²) in [5.74, 6) is 2.40. The Labute approximate surface area is 112 Å². The van der Waals surface area contributed by atoms with E-state index in [1.54, 1.807) is 4.42 Å². The summed E-state index contributed by atoms with van der Waals surface area (Å²) in [6, 6.07) is 8.56. The Bertz CT molecular complexity index is 418. The maximum Gasteiger partial charge on any atom is 0.124 e. The summed E-state index contributed by atoms with van der Waals surface area (Å²) in [6.45, 7) is 6.11. The number of aliphatic imine (C=N–C) groups is 1. The fourth-order valence-electron chi connectivity index (χ4n) is 1.82. The van der Waals surface area contributed by atoms with Crippen molar-refractivity contribution in [3.63, 3.8) is 0 Å². The average Bonchev–Trinajstić information content (AvgIpc) is 2.72. The smallest absolute Gasteiger partial charge is 0.124 e. The highest BCUT2D eigenvalue weighted by Crippen LogP contribution is 2.29. The Morgan fingerprint density at radius 2 is 2.18 bits per heavy atom. The molecule has 0 N–H and O–H groups in total. The van der Waals surface area contributed by atoms with Crippen molar-refractivity contribution in [2.24, 2.45) is 4.99 Å². The molecule has 0 fully saturated rings. The van der Waals surface area contributed by atoms with E-state index in [0.29, 0.717) is 5.92 Å². The predicted molar refractivity (Wildman–Crippen MR) is 76.1 cm³/mol. The second-order valence-corrected chi connectivity index (χ2v) is 5.79. The van der Waals surface area contributed by atoms with E-state index in [4.69, 9.17) is 11.8 Å². The van der Waals surface area contributed by atoms with E-state index >= 15 is 0 Å². The fraction of sp³-hybridized carbons (Fsp3) is 0.462. The van der Waals surface area contributed by atoms with Gasteiger partial charge in [0, 0.05) is 16.7 Å². The van der Waals surface area contributed by atoms with Crippen molar-refractivity contribution in [1.29, 1.82) is 0 Å². The monoisotopic (exact) mass is 268 g/mol. The standard InChI is InChI=1S/C13H17ClN2S/c1-10(2)11-5-3-4-6-12(11)17-9-13-15-7-8-16(13)14/h3-6,10H,7-9H2,1-2H3. The van der Waals surface area contributed by atoms with Gasteiger partial charge in [0.15, 0.2) is 0 Å². The number of amidine groups is 1. The van der Waals surface area contributed by atoms with Gasteiger partial charge in [0.2, 0.25) is 0 Å². The van der Waals surface area contributed by atoms with Crippen molar-refractivity contribution in [2.45, 2.75) is 24.7 Å². The molecule has 0 amide bonds. The van der Waals surface area contributed by atoms with Gasteiger partial charge < -0.3 is 0 Å². The molecule has 2 nitrogen and oxygen atoms in total. The van der Waals surface area contributed by atoms with Gasteiger partial charge in [-0.15, -0.1) is 11.8 Å². The largest absolute Gasteiger partial charge is 0.270 e. The van der Waals surface area contributed by atoms with Gasteiger partial charge in [0.1, 0.15) is 5.84 Å². The summed E-state index contributed by atoms with van der Waals surface area (Å²) >= 11 is 7.86. The highest BCUT2D eigenvalue weighted by molar-refractivity contribution is 8.00. The van der Waals surface area contributed by atoms with Gasteiger partial charge in [-0.05, 0) is 17.5 Å². The first-order chi connectivity index (χ1) is 8.18. The lowest BCUT2D eigenvalue weighted by atomic mass is 10.0. The van der Waals surface area contributed by atoms with Crippen LogP contribution in [-0.4, -0.2) is 29.1 Å². The Morgan fingerprint density at radius 3 is 2.82 bits per heavy atom. The molecule has 0 unspecified atom stereocenters. The zero-order chi connectivity index (χ0) is 12.3. The topological polar surface area (TPSA) is 15.6 Å². The zero-order valence-electron chi connectivity index (χ0n) is 10.2. The Hall–Kier alpha value is -0.670. The van der Waals surface area contributed by atoms with Crippen LogP contribution in [0.25, 0.3) is 0 Å². The molecule has 0 aliphatic carbocycles. The third-order valence-electron chi connectivity index (χ3n) is 2.77. The highest BCUT2D eigenvalue weighted by atomic mass is 35.5.